The number of hydrogen-bond acceptors (Lipinski definition) is 11. The van der Waals surface area contributed by atoms with Crippen LogP contribution in [0.2, 0.25) is 0 Å². The zero-order chi connectivity index (χ0) is 44.6. The molecule has 64 heavy (non-hydrogen) atoms. The first-order valence-electron chi connectivity index (χ1n) is 22.3. The molecule has 17 nitrogen and oxygen atoms in total. The fraction of sp³-hybridized carbons (Fsp3) is 0.489. The molecule has 4 aliphatic rings. The van der Waals surface area contributed by atoms with Crippen LogP contribution in [0.3, 0.4) is 0 Å². The van der Waals surface area contributed by atoms with Gasteiger partial charge in [-0.3, -0.25) is 38.7 Å². The Morgan fingerprint density at radius 3 is 2.53 bits per heavy atom. The Morgan fingerprint density at radius 1 is 0.953 bits per heavy atom. The maximum Gasteiger partial charge on any atom is 0.280 e. The molecule has 1 atom stereocenters. The van der Waals surface area contributed by atoms with Gasteiger partial charge < -0.3 is 20.0 Å². The summed E-state index contributed by atoms with van der Waals surface area (Å²) in [5.74, 6) is -0.152. The van der Waals surface area contributed by atoms with E-state index in [9.17, 15) is 32.8 Å². The van der Waals surface area contributed by atoms with Gasteiger partial charge in [-0.15, -0.1) is 5.10 Å². The molecule has 2 saturated heterocycles. The number of fused-ring (bicyclic) bond motifs is 3. The van der Waals surface area contributed by atoms with E-state index in [0.29, 0.717) is 92.1 Å². The van der Waals surface area contributed by atoms with Crippen molar-refractivity contribution in [2.75, 3.05) is 42.9 Å². The second kappa shape index (κ2) is 17.9. The van der Waals surface area contributed by atoms with Gasteiger partial charge in [0.15, 0.2) is 5.82 Å². The van der Waals surface area contributed by atoms with Crippen molar-refractivity contribution in [1.82, 2.24) is 49.7 Å². The molecule has 19 heteroatoms. The number of likely N-dealkylation sites (tertiary alicyclic amines) is 1. The van der Waals surface area contributed by atoms with Crippen LogP contribution in [0.25, 0.3) is 22.0 Å². The Bertz CT molecular complexity index is 2690. The third-order valence-electron chi connectivity index (χ3n) is 13.2. The van der Waals surface area contributed by atoms with Crippen molar-refractivity contribution >= 4 is 51.7 Å². The van der Waals surface area contributed by atoms with Gasteiger partial charge in [0.05, 0.1) is 24.2 Å². The second-order valence-corrected chi connectivity index (χ2v) is 17.3. The van der Waals surface area contributed by atoms with E-state index in [1.807, 2.05) is 15.9 Å². The molecule has 5 aromatic rings. The Morgan fingerprint density at radius 2 is 1.78 bits per heavy atom. The first kappa shape index (κ1) is 42.8. The minimum absolute atomic E-state index is 0.0214. The van der Waals surface area contributed by atoms with Crippen LogP contribution in [-0.4, -0.2) is 101 Å². The monoisotopic (exact) mass is 878 g/mol. The second-order valence-electron chi connectivity index (χ2n) is 17.3. The Kier molecular flexibility index (Phi) is 12.0. The van der Waals surface area contributed by atoms with Crippen molar-refractivity contribution < 1.29 is 28.0 Å². The van der Waals surface area contributed by atoms with Crippen LogP contribution in [0, 0.1) is 0 Å². The first-order chi connectivity index (χ1) is 30.9. The third kappa shape index (κ3) is 8.34. The lowest BCUT2D eigenvalue weighted by Crippen LogP contribution is -2.45. The van der Waals surface area contributed by atoms with E-state index in [4.69, 9.17) is 5.10 Å². The van der Waals surface area contributed by atoms with Crippen molar-refractivity contribution in [1.29, 1.82) is 0 Å². The van der Waals surface area contributed by atoms with Gasteiger partial charge in [-0.1, -0.05) is 17.7 Å². The fourth-order valence-corrected chi connectivity index (χ4v) is 9.76. The van der Waals surface area contributed by atoms with Gasteiger partial charge in [0.1, 0.15) is 11.6 Å². The highest BCUT2D eigenvalue weighted by Gasteiger charge is 2.36. The largest absolute Gasteiger partial charge is 0.384 e. The van der Waals surface area contributed by atoms with E-state index in [1.165, 1.54) is 0 Å². The lowest BCUT2D eigenvalue weighted by Gasteiger charge is -2.34. The Labute approximate surface area is 367 Å². The molecule has 1 unspecified atom stereocenters. The molecule has 0 aliphatic carbocycles. The van der Waals surface area contributed by atoms with Gasteiger partial charge in [0, 0.05) is 106 Å². The lowest BCUT2D eigenvalue weighted by molar-refractivity contribution is -0.136. The molecule has 3 aromatic heterocycles. The topological polar surface area (TPSA) is 185 Å². The van der Waals surface area contributed by atoms with Crippen molar-refractivity contribution in [3.63, 3.8) is 0 Å². The van der Waals surface area contributed by atoms with Crippen LogP contribution in [-0.2, 0) is 45.6 Å². The zero-order valence-electron chi connectivity index (χ0n) is 36.1. The molecule has 4 amide bonds. The molecular weight excluding hydrogens is 827 g/mol. The summed E-state index contributed by atoms with van der Waals surface area (Å²) in [7, 11) is 1.77. The number of rotatable bonds is 12. The number of piperidine rings is 2. The number of carbonyl (C=O) groups excluding carboxylic acids is 4. The number of nitrogens with zero attached hydrogens (tertiary/aromatic N) is 10. The van der Waals surface area contributed by atoms with Crippen molar-refractivity contribution in [3.05, 3.63) is 75.5 Å². The maximum absolute atomic E-state index is 14.7. The van der Waals surface area contributed by atoms with Crippen LogP contribution >= 0.6 is 0 Å². The molecule has 2 N–H and O–H groups in total. The molecule has 9 rings (SSSR count). The van der Waals surface area contributed by atoms with Gasteiger partial charge in [-0.25, -0.2) is 8.78 Å². The zero-order valence-corrected chi connectivity index (χ0v) is 36.1. The van der Waals surface area contributed by atoms with Crippen LogP contribution < -0.4 is 21.1 Å². The minimum Gasteiger partial charge on any atom is -0.384 e. The highest BCUT2D eigenvalue weighted by molar-refractivity contribution is 5.99. The van der Waals surface area contributed by atoms with E-state index in [1.54, 1.807) is 55.3 Å². The van der Waals surface area contributed by atoms with Gasteiger partial charge in [-0.05, 0) is 80.3 Å². The van der Waals surface area contributed by atoms with Crippen molar-refractivity contribution in [2.45, 2.75) is 103 Å². The van der Waals surface area contributed by atoms with Crippen LogP contribution in [0.15, 0.2) is 47.5 Å². The van der Waals surface area contributed by atoms with Gasteiger partial charge >= 0.3 is 0 Å². The number of imide groups is 1. The highest BCUT2D eigenvalue weighted by atomic mass is 19.3. The molecule has 0 spiro atoms. The molecule has 0 bridgehead atoms. The number of aryl methyl sites for hydroxylation is 2. The summed E-state index contributed by atoms with van der Waals surface area (Å²) in [6, 6.07) is 7.88. The molecule has 7 heterocycles. The number of alkyl halides is 2. The summed E-state index contributed by atoms with van der Waals surface area (Å²) < 4.78 is 34.2. The summed E-state index contributed by atoms with van der Waals surface area (Å²) in [5, 5.41) is 23.6. The number of carbonyl (C=O) groups is 4. The number of halogens is 2. The first-order valence-corrected chi connectivity index (χ1v) is 22.3. The number of benzene rings is 2. The molecule has 4 aliphatic heterocycles. The summed E-state index contributed by atoms with van der Waals surface area (Å²) in [6.07, 6.45) is 7.29. The molecule has 0 saturated carbocycles. The molecule has 0 radical (unpaired) electrons. The minimum atomic E-state index is -2.69. The smallest absolute Gasteiger partial charge is 0.280 e. The average Bonchev–Trinajstić information content (AvgIpc) is 3.90. The fourth-order valence-electron chi connectivity index (χ4n) is 9.76. The van der Waals surface area contributed by atoms with E-state index in [2.05, 4.69) is 35.6 Å². The normalized spacial score (nSPS) is 18.1. The number of anilines is 3. The van der Waals surface area contributed by atoms with Gasteiger partial charge in [-0.2, -0.15) is 14.9 Å². The van der Waals surface area contributed by atoms with Crippen molar-refractivity contribution in [3.8, 4) is 11.1 Å². The predicted octanol–water partition coefficient (Wildman–Crippen LogP) is 5.13. The summed E-state index contributed by atoms with van der Waals surface area (Å²) in [4.78, 5) is 69.5. The predicted molar refractivity (Wildman–Crippen MR) is 233 cm³/mol. The molecule has 336 valence electrons. The number of nitrogens with one attached hydrogen (secondary N) is 2. The van der Waals surface area contributed by atoms with E-state index in [-0.39, 0.29) is 42.2 Å². The Hall–Kier alpha value is -6.53. The summed E-state index contributed by atoms with van der Waals surface area (Å²) in [5.41, 5.74) is 5.31. The van der Waals surface area contributed by atoms with Gasteiger partial charge in [0.2, 0.25) is 17.7 Å². The maximum atomic E-state index is 14.7. The SMILES string of the molecule is CC(=O)N1CCc2c(c(N3CCCc4cc(-c5cnn(C)c5)c(C(F)F)cc43)nn2C2CCN(C(=O)CCCCCNc3cccc4nnn(C5CCC(=O)NC5=O)c(=O)c34)CC2)C1. The van der Waals surface area contributed by atoms with Crippen LogP contribution in [0.1, 0.15) is 106 Å². The lowest BCUT2D eigenvalue weighted by atomic mass is 9.92. The average molecular weight is 879 g/mol. The highest BCUT2D eigenvalue weighted by Crippen LogP contribution is 2.44. The third-order valence-corrected chi connectivity index (χ3v) is 13.2. The summed E-state index contributed by atoms with van der Waals surface area (Å²) in [6.45, 7) is 4.89. The quantitative estimate of drug-likeness (QED) is 0.125. The van der Waals surface area contributed by atoms with E-state index >= 15 is 0 Å². The number of aromatic nitrogens is 7. The van der Waals surface area contributed by atoms with Crippen molar-refractivity contribution in [2.24, 2.45) is 7.05 Å². The standard InChI is InChI=1S/C45H52F2N12O5/c1-27(60)56-21-16-36-33(26-56)43(57-18-7-8-28-22-31(29-24-49-54(2)25-29)32(42(46)47)23-38(28)57)52-58(36)30-14-19-55(20-15-30)40(62)11-4-3-5-17-48-34-9-6-10-35-41(34)45(64)59(53-51-35)37-12-13-39(61)50-44(37)63/h6,9-10,22-25,30,37,42,48H,3-5,7-8,11-21,26H2,1-2H3,(H,50,61,63). The number of hydrogen-bond donors (Lipinski definition) is 2. The van der Waals surface area contributed by atoms with Gasteiger partial charge in [0.25, 0.3) is 17.9 Å². The van der Waals surface area contributed by atoms with Crippen LogP contribution in [0.5, 0.6) is 0 Å². The Balaban J connectivity index is 0.827. The molecular formula is C45H52F2N12O5. The number of amides is 4. The number of unbranched alkanes of at least 4 members (excludes halogenated alkanes) is 2. The van der Waals surface area contributed by atoms with E-state index < -0.39 is 23.9 Å². The van der Waals surface area contributed by atoms with E-state index in [0.717, 1.165) is 65.7 Å². The molecule has 2 fully saturated rings. The molecule has 2 aromatic carbocycles. The summed E-state index contributed by atoms with van der Waals surface area (Å²) >= 11 is 0. The van der Waals surface area contributed by atoms with Crippen LogP contribution in [0.4, 0.5) is 26.0 Å².